The molecule has 2 aromatic rings. The summed E-state index contributed by atoms with van der Waals surface area (Å²) >= 11 is 5.84. The normalized spacial score (nSPS) is 10.4. The number of halogens is 1. The van der Waals surface area contributed by atoms with Crippen molar-refractivity contribution in [3.63, 3.8) is 0 Å². The van der Waals surface area contributed by atoms with E-state index in [-0.39, 0.29) is 5.91 Å². The fourth-order valence-corrected chi connectivity index (χ4v) is 1.93. The zero-order valence-electron chi connectivity index (χ0n) is 10.1. The third-order valence-corrected chi connectivity index (χ3v) is 2.68. The topological polar surface area (TPSA) is 61.9 Å². The van der Waals surface area contributed by atoms with E-state index in [1.54, 1.807) is 43.4 Å². The summed E-state index contributed by atoms with van der Waals surface area (Å²) in [4.78, 5) is 17.8. The molecule has 0 spiro atoms. The summed E-state index contributed by atoms with van der Waals surface area (Å²) in [5.74, 6) is -0.0939. The van der Waals surface area contributed by atoms with Gasteiger partial charge in [0.1, 0.15) is 5.15 Å². The lowest BCUT2D eigenvalue weighted by Gasteiger charge is -2.16. The Labute approximate surface area is 110 Å². The van der Waals surface area contributed by atoms with E-state index in [1.807, 2.05) is 0 Å². The molecule has 18 heavy (non-hydrogen) atoms. The van der Waals surface area contributed by atoms with E-state index < -0.39 is 0 Å². The SMILES string of the molecule is Cc1cc(C(=O)N(C)Cc2cn[nH]c2)cc(Cl)n1. The van der Waals surface area contributed by atoms with Crippen LogP contribution in [-0.2, 0) is 6.54 Å². The van der Waals surface area contributed by atoms with Crippen molar-refractivity contribution in [3.8, 4) is 0 Å². The molecule has 0 aliphatic rings. The predicted molar refractivity (Wildman–Crippen MR) is 68.4 cm³/mol. The van der Waals surface area contributed by atoms with Crippen molar-refractivity contribution in [3.05, 3.63) is 46.5 Å². The average Bonchev–Trinajstić information content (AvgIpc) is 2.79. The van der Waals surface area contributed by atoms with Gasteiger partial charge in [0, 0.05) is 36.6 Å². The van der Waals surface area contributed by atoms with Gasteiger partial charge < -0.3 is 4.90 Å². The van der Waals surface area contributed by atoms with Crippen molar-refractivity contribution in [2.24, 2.45) is 0 Å². The molecule has 0 fully saturated rings. The molecule has 1 N–H and O–H groups in total. The van der Waals surface area contributed by atoms with Crippen LogP contribution in [0.4, 0.5) is 0 Å². The van der Waals surface area contributed by atoms with Crippen LogP contribution in [0, 0.1) is 6.92 Å². The molecule has 0 unspecified atom stereocenters. The van der Waals surface area contributed by atoms with E-state index in [1.165, 1.54) is 0 Å². The van der Waals surface area contributed by atoms with E-state index in [0.29, 0.717) is 17.3 Å². The highest BCUT2D eigenvalue weighted by Crippen LogP contribution is 2.13. The Balaban J connectivity index is 2.15. The zero-order valence-corrected chi connectivity index (χ0v) is 10.9. The van der Waals surface area contributed by atoms with E-state index in [9.17, 15) is 4.79 Å². The molecular formula is C12H13ClN4O. The maximum Gasteiger partial charge on any atom is 0.254 e. The molecule has 2 aromatic heterocycles. The smallest absolute Gasteiger partial charge is 0.254 e. The van der Waals surface area contributed by atoms with E-state index in [4.69, 9.17) is 11.6 Å². The molecule has 0 bridgehead atoms. The molecule has 6 heteroatoms. The van der Waals surface area contributed by atoms with E-state index in [0.717, 1.165) is 11.3 Å². The van der Waals surface area contributed by atoms with Crippen molar-refractivity contribution in [2.45, 2.75) is 13.5 Å². The lowest BCUT2D eigenvalue weighted by atomic mass is 10.2. The molecule has 2 rings (SSSR count). The minimum absolute atomic E-state index is 0.0939. The number of nitrogens with zero attached hydrogens (tertiary/aromatic N) is 3. The monoisotopic (exact) mass is 264 g/mol. The molecule has 0 radical (unpaired) electrons. The van der Waals surface area contributed by atoms with Crippen molar-refractivity contribution in [1.82, 2.24) is 20.1 Å². The van der Waals surface area contributed by atoms with Gasteiger partial charge in [0.15, 0.2) is 0 Å². The summed E-state index contributed by atoms with van der Waals surface area (Å²) in [5, 5.41) is 6.88. The number of hydrogen-bond acceptors (Lipinski definition) is 3. The quantitative estimate of drug-likeness (QED) is 0.863. The molecule has 1 amide bonds. The van der Waals surface area contributed by atoms with Crippen LogP contribution in [0.2, 0.25) is 5.15 Å². The first kappa shape index (κ1) is 12.6. The average molecular weight is 265 g/mol. The first-order valence-corrected chi connectivity index (χ1v) is 5.81. The maximum atomic E-state index is 12.2. The van der Waals surface area contributed by atoms with Gasteiger partial charge in [-0.1, -0.05) is 11.6 Å². The second-order valence-corrected chi connectivity index (χ2v) is 4.47. The second-order valence-electron chi connectivity index (χ2n) is 4.09. The van der Waals surface area contributed by atoms with Gasteiger partial charge in [0.2, 0.25) is 0 Å². The number of carbonyl (C=O) groups excluding carboxylic acids is 1. The Bertz CT molecular complexity index is 533. The summed E-state index contributed by atoms with van der Waals surface area (Å²) < 4.78 is 0. The van der Waals surface area contributed by atoms with Crippen LogP contribution in [0.25, 0.3) is 0 Å². The lowest BCUT2D eigenvalue weighted by Crippen LogP contribution is -2.26. The number of rotatable bonds is 3. The van der Waals surface area contributed by atoms with Crippen LogP contribution in [-0.4, -0.2) is 33.0 Å². The number of pyridine rings is 1. The van der Waals surface area contributed by atoms with Crippen molar-refractivity contribution in [1.29, 1.82) is 0 Å². The lowest BCUT2D eigenvalue weighted by molar-refractivity contribution is 0.0785. The Hall–Kier alpha value is -1.88. The van der Waals surface area contributed by atoms with Gasteiger partial charge >= 0.3 is 0 Å². The molecule has 0 saturated heterocycles. The molecule has 5 nitrogen and oxygen atoms in total. The largest absolute Gasteiger partial charge is 0.337 e. The molecule has 0 aliphatic heterocycles. The fraction of sp³-hybridized carbons (Fsp3) is 0.250. The van der Waals surface area contributed by atoms with Gasteiger partial charge in [-0.2, -0.15) is 5.10 Å². The minimum atomic E-state index is -0.0939. The summed E-state index contributed by atoms with van der Waals surface area (Å²) in [7, 11) is 1.74. The molecule has 2 heterocycles. The van der Waals surface area contributed by atoms with Gasteiger partial charge in [-0.25, -0.2) is 4.98 Å². The minimum Gasteiger partial charge on any atom is -0.337 e. The number of H-pyrrole nitrogens is 1. The van der Waals surface area contributed by atoms with Crippen LogP contribution in [0.5, 0.6) is 0 Å². The zero-order chi connectivity index (χ0) is 13.1. The molecule has 0 aromatic carbocycles. The van der Waals surface area contributed by atoms with Crippen LogP contribution in [0.3, 0.4) is 0 Å². The number of carbonyl (C=O) groups is 1. The Kier molecular flexibility index (Phi) is 3.62. The van der Waals surface area contributed by atoms with Crippen LogP contribution in [0.15, 0.2) is 24.5 Å². The molecule has 0 aliphatic carbocycles. The molecule has 94 valence electrons. The van der Waals surface area contributed by atoms with Crippen molar-refractivity contribution < 1.29 is 4.79 Å². The Morgan fingerprint density at radius 3 is 2.89 bits per heavy atom. The fourth-order valence-electron chi connectivity index (χ4n) is 1.68. The van der Waals surface area contributed by atoms with Crippen LogP contribution in [0.1, 0.15) is 21.6 Å². The summed E-state index contributed by atoms with van der Waals surface area (Å²) in [5.41, 5.74) is 2.21. The molecular weight excluding hydrogens is 252 g/mol. The number of aromatic nitrogens is 3. The Morgan fingerprint density at radius 1 is 1.50 bits per heavy atom. The summed E-state index contributed by atoms with van der Waals surface area (Å²) in [6.45, 7) is 2.30. The standard InChI is InChI=1S/C12H13ClN4O/c1-8-3-10(4-11(13)16-8)12(18)17(2)7-9-5-14-15-6-9/h3-6H,7H2,1-2H3,(H,14,15). The van der Waals surface area contributed by atoms with Crippen molar-refractivity contribution in [2.75, 3.05) is 7.05 Å². The van der Waals surface area contributed by atoms with E-state index in [2.05, 4.69) is 15.2 Å². The van der Waals surface area contributed by atoms with Gasteiger partial charge in [0.25, 0.3) is 5.91 Å². The number of amides is 1. The van der Waals surface area contributed by atoms with Gasteiger partial charge in [0.05, 0.1) is 6.20 Å². The number of aromatic amines is 1. The second kappa shape index (κ2) is 5.18. The van der Waals surface area contributed by atoms with E-state index >= 15 is 0 Å². The summed E-state index contributed by atoms with van der Waals surface area (Å²) in [6.07, 6.45) is 3.45. The first-order valence-electron chi connectivity index (χ1n) is 5.43. The highest BCUT2D eigenvalue weighted by atomic mass is 35.5. The first-order chi connectivity index (χ1) is 8.56. The van der Waals surface area contributed by atoms with Gasteiger partial charge in [-0.15, -0.1) is 0 Å². The highest BCUT2D eigenvalue weighted by Gasteiger charge is 2.13. The van der Waals surface area contributed by atoms with Crippen LogP contribution >= 0.6 is 11.6 Å². The Morgan fingerprint density at radius 2 is 2.28 bits per heavy atom. The molecule has 0 saturated carbocycles. The van der Waals surface area contributed by atoms with Gasteiger partial charge in [-0.3, -0.25) is 9.89 Å². The van der Waals surface area contributed by atoms with Crippen LogP contribution < -0.4 is 0 Å². The van der Waals surface area contributed by atoms with Gasteiger partial charge in [-0.05, 0) is 19.1 Å². The molecule has 0 atom stereocenters. The van der Waals surface area contributed by atoms with Crippen molar-refractivity contribution >= 4 is 17.5 Å². The number of aryl methyl sites for hydroxylation is 1. The predicted octanol–water partition coefficient (Wildman–Crippen LogP) is 2.04. The maximum absolute atomic E-state index is 12.2. The summed E-state index contributed by atoms with van der Waals surface area (Å²) in [6, 6.07) is 3.29. The number of nitrogens with one attached hydrogen (secondary N) is 1. The third-order valence-electron chi connectivity index (χ3n) is 2.49. The third kappa shape index (κ3) is 2.87. The highest BCUT2D eigenvalue weighted by molar-refractivity contribution is 6.29. The number of hydrogen-bond donors (Lipinski definition) is 1.